The van der Waals surface area contributed by atoms with Crippen LogP contribution in [0.2, 0.25) is 0 Å². The Balaban J connectivity index is 1.92. The summed E-state index contributed by atoms with van der Waals surface area (Å²) in [6.07, 6.45) is 0.948. The summed E-state index contributed by atoms with van der Waals surface area (Å²) in [5.41, 5.74) is 4.54. The largest absolute Gasteiger partial charge is 0.423 e. The molecule has 0 amide bonds. The maximum absolute atomic E-state index is 11.9. The minimum atomic E-state index is -0.313. The molecule has 0 aliphatic carbocycles. The Kier molecular flexibility index (Phi) is 4.53. The van der Waals surface area contributed by atoms with E-state index < -0.39 is 0 Å². The summed E-state index contributed by atoms with van der Waals surface area (Å²) in [5, 5.41) is 5.00. The first-order chi connectivity index (χ1) is 11.5. The molecule has 5 nitrogen and oxygen atoms in total. The van der Waals surface area contributed by atoms with E-state index in [1.54, 1.807) is 6.07 Å². The number of hydrogen-bond acceptors (Lipinski definition) is 5. The first-order valence-corrected chi connectivity index (χ1v) is 8.14. The molecule has 0 unspecified atom stereocenters. The lowest BCUT2D eigenvalue weighted by Crippen LogP contribution is -2.19. The number of nitrogens with zero attached hydrogens (tertiary/aromatic N) is 2. The smallest absolute Gasteiger partial charge is 0.336 e. The zero-order valence-corrected chi connectivity index (χ0v) is 14.5. The number of aryl methyl sites for hydroxylation is 3. The van der Waals surface area contributed by atoms with Crippen molar-refractivity contribution in [2.24, 2.45) is 0 Å². The fourth-order valence-corrected chi connectivity index (χ4v) is 2.97. The van der Waals surface area contributed by atoms with E-state index in [4.69, 9.17) is 8.94 Å². The van der Waals surface area contributed by atoms with Crippen molar-refractivity contribution >= 4 is 11.0 Å². The molecule has 0 atom stereocenters. The molecule has 0 bridgehead atoms. The van der Waals surface area contributed by atoms with E-state index in [2.05, 4.69) is 23.0 Å². The van der Waals surface area contributed by atoms with Crippen LogP contribution in [-0.4, -0.2) is 17.1 Å². The van der Waals surface area contributed by atoms with E-state index >= 15 is 0 Å². The fourth-order valence-electron chi connectivity index (χ4n) is 2.97. The molecule has 0 saturated heterocycles. The fraction of sp³-hybridized carbons (Fsp3) is 0.368. The second kappa shape index (κ2) is 6.61. The van der Waals surface area contributed by atoms with E-state index in [0.717, 1.165) is 40.9 Å². The van der Waals surface area contributed by atoms with Gasteiger partial charge in [0, 0.05) is 30.1 Å². The van der Waals surface area contributed by atoms with Gasteiger partial charge in [0.25, 0.3) is 0 Å². The summed E-state index contributed by atoms with van der Waals surface area (Å²) in [5.74, 6) is 0.838. The Morgan fingerprint density at radius 2 is 1.96 bits per heavy atom. The molecule has 126 valence electrons. The SMILES string of the molecule is CCc1ccc2oc(=O)cc(CN(C)Cc3c(C)noc3C)c2c1. The molecule has 0 aliphatic heterocycles. The van der Waals surface area contributed by atoms with Crippen molar-refractivity contribution in [2.45, 2.75) is 40.3 Å². The molecule has 5 heteroatoms. The van der Waals surface area contributed by atoms with Crippen LogP contribution >= 0.6 is 0 Å². The predicted molar refractivity (Wildman–Crippen MR) is 93.0 cm³/mol. The number of rotatable bonds is 5. The van der Waals surface area contributed by atoms with E-state index in [-0.39, 0.29) is 5.63 Å². The van der Waals surface area contributed by atoms with Crippen LogP contribution in [0.25, 0.3) is 11.0 Å². The molecule has 24 heavy (non-hydrogen) atoms. The van der Waals surface area contributed by atoms with Gasteiger partial charge in [-0.2, -0.15) is 0 Å². The Bertz CT molecular complexity index is 904. The summed E-state index contributed by atoms with van der Waals surface area (Å²) in [4.78, 5) is 14.0. The molecule has 3 rings (SSSR count). The maximum atomic E-state index is 11.9. The van der Waals surface area contributed by atoms with E-state index in [0.29, 0.717) is 12.1 Å². The van der Waals surface area contributed by atoms with Crippen LogP contribution in [0, 0.1) is 13.8 Å². The molecule has 0 radical (unpaired) electrons. The zero-order valence-electron chi connectivity index (χ0n) is 14.5. The average Bonchev–Trinajstić information content (AvgIpc) is 2.86. The number of fused-ring (bicyclic) bond motifs is 1. The molecule has 3 aromatic rings. The number of aromatic nitrogens is 1. The predicted octanol–water partition coefficient (Wildman–Crippen LogP) is 3.59. The van der Waals surface area contributed by atoms with Gasteiger partial charge in [-0.25, -0.2) is 4.79 Å². The number of hydrogen-bond donors (Lipinski definition) is 0. The summed E-state index contributed by atoms with van der Waals surface area (Å²) in [6.45, 7) is 7.35. The molecular formula is C19H22N2O3. The van der Waals surface area contributed by atoms with Gasteiger partial charge in [-0.3, -0.25) is 4.90 Å². The number of benzene rings is 1. The first-order valence-electron chi connectivity index (χ1n) is 8.14. The van der Waals surface area contributed by atoms with Gasteiger partial charge in [-0.05, 0) is 50.6 Å². The van der Waals surface area contributed by atoms with Gasteiger partial charge < -0.3 is 8.94 Å². The lowest BCUT2D eigenvalue weighted by molar-refractivity contribution is 0.315. The van der Waals surface area contributed by atoms with E-state index in [9.17, 15) is 4.79 Å². The van der Waals surface area contributed by atoms with Gasteiger partial charge >= 0.3 is 5.63 Å². The standard InChI is InChI=1S/C19H22N2O3/c1-5-14-6-7-18-16(8-14)15(9-19(22)23-18)10-21(4)11-17-12(2)20-24-13(17)3/h6-9H,5,10-11H2,1-4H3. The summed E-state index contributed by atoms with van der Waals surface area (Å²) < 4.78 is 10.6. The van der Waals surface area contributed by atoms with Crippen molar-refractivity contribution in [3.05, 3.63) is 62.8 Å². The third-order valence-corrected chi connectivity index (χ3v) is 4.35. The molecule has 0 N–H and O–H groups in total. The van der Waals surface area contributed by atoms with Gasteiger partial charge in [0.05, 0.1) is 5.69 Å². The summed E-state index contributed by atoms with van der Waals surface area (Å²) in [7, 11) is 2.02. The molecule has 0 spiro atoms. The van der Waals surface area contributed by atoms with Crippen LogP contribution in [0.4, 0.5) is 0 Å². The van der Waals surface area contributed by atoms with Crippen LogP contribution < -0.4 is 5.63 Å². The van der Waals surface area contributed by atoms with Crippen LogP contribution in [0.3, 0.4) is 0 Å². The molecular weight excluding hydrogens is 304 g/mol. The van der Waals surface area contributed by atoms with Crippen LogP contribution in [0.5, 0.6) is 0 Å². The minimum Gasteiger partial charge on any atom is -0.423 e. The first kappa shape index (κ1) is 16.5. The highest BCUT2D eigenvalue weighted by atomic mass is 16.5. The van der Waals surface area contributed by atoms with E-state index in [1.165, 1.54) is 5.56 Å². The van der Waals surface area contributed by atoms with Gasteiger partial charge in [0.1, 0.15) is 11.3 Å². The van der Waals surface area contributed by atoms with Crippen LogP contribution in [-0.2, 0) is 19.5 Å². The van der Waals surface area contributed by atoms with Gasteiger partial charge in [-0.15, -0.1) is 0 Å². The highest BCUT2D eigenvalue weighted by molar-refractivity contribution is 5.80. The zero-order chi connectivity index (χ0) is 17.3. The molecule has 2 heterocycles. The van der Waals surface area contributed by atoms with Crippen molar-refractivity contribution in [1.29, 1.82) is 0 Å². The lowest BCUT2D eigenvalue weighted by atomic mass is 10.0. The third kappa shape index (κ3) is 3.26. The van der Waals surface area contributed by atoms with Crippen molar-refractivity contribution in [3.8, 4) is 0 Å². The highest BCUT2D eigenvalue weighted by Crippen LogP contribution is 2.22. The highest BCUT2D eigenvalue weighted by Gasteiger charge is 2.14. The lowest BCUT2D eigenvalue weighted by Gasteiger charge is -2.17. The average molecular weight is 326 g/mol. The van der Waals surface area contributed by atoms with Gasteiger partial charge in [0.2, 0.25) is 0 Å². The van der Waals surface area contributed by atoms with Gasteiger partial charge in [-0.1, -0.05) is 18.1 Å². The molecule has 1 aromatic carbocycles. The Hall–Kier alpha value is -2.40. The second-order valence-electron chi connectivity index (χ2n) is 6.25. The Labute approximate surface area is 140 Å². The van der Waals surface area contributed by atoms with Crippen molar-refractivity contribution < 1.29 is 8.94 Å². The molecule has 0 aliphatic rings. The van der Waals surface area contributed by atoms with E-state index in [1.807, 2.05) is 33.0 Å². The maximum Gasteiger partial charge on any atom is 0.336 e. The normalized spacial score (nSPS) is 11.5. The van der Waals surface area contributed by atoms with Gasteiger partial charge in [0.15, 0.2) is 0 Å². The second-order valence-corrected chi connectivity index (χ2v) is 6.25. The summed E-state index contributed by atoms with van der Waals surface area (Å²) in [6, 6.07) is 7.58. The topological polar surface area (TPSA) is 59.5 Å². The third-order valence-electron chi connectivity index (χ3n) is 4.35. The van der Waals surface area contributed by atoms with Crippen molar-refractivity contribution in [1.82, 2.24) is 10.1 Å². The monoisotopic (exact) mass is 326 g/mol. The van der Waals surface area contributed by atoms with Crippen LogP contribution in [0.1, 0.15) is 35.1 Å². The van der Waals surface area contributed by atoms with Crippen LogP contribution in [0.15, 0.2) is 38.0 Å². The van der Waals surface area contributed by atoms with Crippen molar-refractivity contribution in [2.75, 3.05) is 7.05 Å². The van der Waals surface area contributed by atoms with Crippen molar-refractivity contribution in [3.63, 3.8) is 0 Å². The molecule has 0 fully saturated rings. The minimum absolute atomic E-state index is 0.313. The summed E-state index contributed by atoms with van der Waals surface area (Å²) >= 11 is 0. The Morgan fingerprint density at radius 3 is 2.62 bits per heavy atom. The quantitative estimate of drug-likeness (QED) is 0.671. The Morgan fingerprint density at radius 1 is 1.17 bits per heavy atom. The molecule has 2 aromatic heterocycles. The molecule has 0 saturated carbocycles.